The van der Waals surface area contributed by atoms with E-state index in [-0.39, 0.29) is 60.9 Å². The van der Waals surface area contributed by atoms with E-state index in [2.05, 4.69) is 54.1 Å². The van der Waals surface area contributed by atoms with Gasteiger partial charge < -0.3 is 33.3 Å². The maximum absolute atomic E-state index is 15.0. The fraction of sp³-hybridized carbons (Fsp3) is 0.309. The molecule has 1 aliphatic heterocycles. The number of carbonyl (C=O) groups is 2. The highest BCUT2D eigenvalue weighted by molar-refractivity contribution is 7.44. The summed E-state index contributed by atoms with van der Waals surface area (Å²) >= 11 is 0. The lowest BCUT2D eigenvalue weighted by atomic mass is 9.80. The van der Waals surface area contributed by atoms with Gasteiger partial charge in [0, 0.05) is 36.9 Å². The van der Waals surface area contributed by atoms with Crippen molar-refractivity contribution in [3.05, 3.63) is 168 Å². The van der Waals surface area contributed by atoms with Crippen molar-refractivity contribution in [2.24, 2.45) is 0 Å². The first-order chi connectivity index (χ1) is 35.5. The molecule has 4 atom stereocenters. The molecule has 2 aromatic heterocycles. The second kappa shape index (κ2) is 24.0. The summed E-state index contributed by atoms with van der Waals surface area (Å²) in [6.45, 7) is 8.47. The Morgan fingerprint density at radius 3 is 1.88 bits per heavy atom. The maximum Gasteiger partial charge on any atom is 0.321 e. The van der Waals surface area contributed by atoms with Crippen LogP contribution in [0.15, 0.2) is 146 Å². The van der Waals surface area contributed by atoms with E-state index in [1.807, 2.05) is 140 Å². The topological polar surface area (TPSA) is 187 Å². The third kappa shape index (κ3) is 11.5. The predicted octanol–water partition coefficient (Wildman–Crippen LogP) is 10.5. The number of nitrogens with one attached hydrogen (secondary N) is 2. The molecule has 0 bridgehead atoms. The number of hydrogen-bond acceptors (Lipinski definition) is 13. The Bertz CT molecular complexity index is 2870. The summed E-state index contributed by atoms with van der Waals surface area (Å²) in [6.07, 6.45) is -0.251. The SMILES string of the molecule is CNC(=O)Nc1nc(C(=O)N(c2ccccc2)c2ccccc2)c2ncn([C@H]3C[C@H](OP(OCCC#N)N(C(C)C)C(C)C)[C@@H](COC(c4ccccc4)(c4ccc(OC)cc4)c4ccc(OC)cc4)O3)c2n1. The molecule has 5 aromatic carbocycles. The normalized spacial score (nSPS) is 16.1. The van der Waals surface area contributed by atoms with E-state index in [9.17, 15) is 10.1 Å². The number of methoxy groups -OCH3 is 2. The van der Waals surface area contributed by atoms with Crippen LogP contribution < -0.4 is 25.0 Å². The lowest BCUT2D eigenvalue weighted by Gasteiger charge is -2.39. The second-order valence-corrected chi connectivity index (χ2v) is 19.0. The molecule has 378 valence electrons. The molecule has 1 saturated heterocycles. The second-order valence-electron chi connectivity index (χ2n) is 17.6. The summed E-state index contributed by atoms with van der Waals surface area (Å²) < 4.78 is 43.3. The first-order valence-corrected chi connectivity index (χ1v) is 25.2. The average Bonchev–Trinajstić information content (AvgIpc) is 4.03. The highest BCUT2D eigenvalue weighted by Crippen LogP contribution is 2.51. The van der Waals surface area contributed by atoms with Crippen LogP contribution in [-0.4, -0.2) is 94.9 Å². The van der Waals surface area contributed by atoms with Gasteiger partial charge in [-0.1, -0.05) is 91.0 Å². The molecule has 17 nitrogen and oxygen atoms in total. The summed E-state index contributed by atoms with van der Waals surface area (Å²) in [6, 6.07) is 45.6. The number of para-hydroxylation sites is 2. The number of ether oxygens (including phenoxy) is 4. The monoisotopic (exact) mass is 1010 g/mol. The van der Waals surface area contributed by atoms with E-state index < -0.39 is 44.5 Å². The average molecular weight is 1010 g/mol. The first-order valence-electron chi connectivity index (χ1n) is 24.1. The van der Waals surface area contributed by atoms with Crippen molar-refractivity contribution in [1.82, 2.24) is 29.5 Å². The van der Waals surface area contributed by atoms with Gasteiger partial charge in [0.25, 0.3) is 14.4 Å². The van der Waals surface area contributed by atoms with Gasteiger partial charge in [0.1, 0.15) is 34.9 Å². The minimum atomic E-state index is -1.76. The van der Waals surface area contributed by atoms with Gasteiger partial charge in [0.2, 0.25) is 5.95 Å². The van der Waals surface area contributed by atoms with Gasteiger partial charge in [-0.15, -0.1) is 0 Å². The molecule has 1 unspecified atom stereocenters. The Kier molecular flexibility index (Phi) is 17.1. The van der Waals surface area contributed by atoms with Gasteiger partial charge in [-0.3, -0.25) is 19.6 Å². The van der Waals surface area contributed by atoms with Crippen LogP contribution >= 0.6 is 8.53 Å². The lowest BCUT2D eigenvalue weighted by molar-refractivity contribution is -0.0912. The number of nitrogens with zero attached hydrogens (tertiary/aromatic N) is 7. The van der Waals surface area contributed by atoms with E-state index in [1.54, 1.807) is 30.0 Å². The molecule has 0 aliphatic carbocycles. The van der Waals surface area contributed by atoms with Crippen LogP contribution in [-0.2, 0) is 24.1 Å². The van der Waals surface area contributed by atoms with Crippen LogP contribution in [0.2, 0.25) is 0 Å². The van der Waals surface area contributed by atoms with Crippen molar-refractivity contribution < 1.29 is 37.6 Å². The zero-order valence-electron chi connectivity index (χ0n) is 41.9. The first kappa shape index (κ1) is 52.0. The van der Waals surface area contributed by atoms with E-state index in [0.29, 0.717) is 22.9 Å². The summed E-state index contributed by atoms with van der Waals surface area (Å²) in [5.41, 5.74) is 2.85. The van der Waals surface area contributed by atoms with Crippen LogP contribution in [0.25, 0.3) is 11.2 Å². The standard InChI is InChI=1S/C55H60N9O8P/c1-37(2)64(38(3)4)73(70-33-17-32-56)72-46-34-48(71-47(46)35-69-55(39-18-11-8-12-19-39,40-24-28-44(67-6)29-25-40)41-26-30-45(68-7)31-27-41)62-36-58-49-50(59-53(60-51(49)62)61-54(66)57-5)52(65)63(42-20-13-9-14-21-42)43-22-15-10-16-23-43/h8-16,18-31,36-38,46-48H,17,33-35H2,1-7H3,(H2,57,59,60,61,66)/t46-,47+,48+,73?/m0/s1. The Labute approximate surface area is 427 Å². The highest BCUT2D eigenvalue weighted by Gasteiger charge is 2.45. The van der Waals surface area contributed by atoms with Crippen molar-refractivity contribution in [2.75, 3.05) is 44.7 Å². The Morgan fingerprint density at radius 1 is 0.808 bits per heavy atom. The van der Waals surface area contributed by atoms with Crippen molar-refractivity contribution in [3.63, 3.8) is 0 Å². The van der Waals surface area contributed by atoms with Crippen LogP contribution in [0.5, 0.6) is 11.5 Å². The quantitative estimate of drug-likeness (QED) is 0.0394. The number of aromatic nitrogens is 4. The molecule has 0 saturated carbocycles. The minimum Gasteiger partial charge on any atom is -0.497 e. The Balaban J connectivity index is 1.25. The molecular formula is C55H60N9O8P. The highest BCUT2D eigenvalue weighted by atomic mass is 31.2. The summed E-state index contributed by atoms with van der Waals surface area (Å²) in [7, 11) is 2.97. The zero-order valence-corrected chi connectivity index (χ0v) is 42.8. The molecule has 73 heavy (non-hydrogen) atoms. The largest absolute Gasteiger partial charge is 0.497 e. The van der Waals surface area contributed by atoms with Gasteiger partial charge in [-0.25, -0.2) is 19.4 Å². The number of amides is 3. The molecule has 3 heterocycles. The molecule has 18 heteroatoms. The molecule has 3 amide bonds. The smallest absolute Gasteiger partial charge is 0.321 e. The Hall–Kier alpha value is -7.29. The summed E-state index contributed by atoms with van der Waals surface area (Å²) in [5.74, 6) is 0.729. The summed E-state index contributed by atoms with van der Waals surface area (Å²) in [5, 5.41) is 14.8. The number of imidazole rings is 1. The van der Waals surface area contributed by atoms with Gasteiger partial charge in [0.15, 0.2) is 11.3 Å². The van der Waals surface area contributed by atoms with Gasteiger partial charge in [-0.2, -0.15) is 10.2 Å². The van der Waals surface area contributed by atoms with E-state index in [4.69, 9.17) is 38.0 Å². The number of anilines is 3. The van der Waals surface area contributed by atoms with Gasteiger partial charge in [-0.05, 0) is 92.9 Å². The molecule has 8 rings (SSSR count). The number of fused-ring (bicyclic) bond motifs is 1. The van der Waals surface area contributed by atoms with Crippen LogP contribution in [0.4, 0.5) is 22.1 Å². The van der Waals surface area contributed by atoms with E-state index >= 15 is 4.79 Å². The predicted molar refractivity (Wildman–Crippen MR) is 280 cm³/mol. The Morgan fingerprint density at radius 2 is 1.36 bits per heavy atom. The number of benzene rings is 5. The van der Waals surface area contributed by atoms with Crippen molar-refractivity contribution in [3.8, 4) is 17.6 Å². The fourth-order valence-corrected chi connectivity index (χ4v) is 10.7. The molecule has 0 spiro atoms. The number of hydrogen-bond donors (Lipinski definition) is 2. The van der Waals surface area contributed by atoms with E-state index in [0.717, 1.165) is 16.7 Å². The number of carbonyl (C=O) groups excluding carboxylic acids is 2. The zero-order chi connectivity index (χ0) is 51.5. The number of nitriles is 1. The van der Waals surface area contributed by atoms with E-state index in [1.165, 1.54) is 7.05 Å². The van der Waals surface area contributed by atoms with Crippen LogP contribution in [0.3, 0.4) is 0 Å². The molecule has 7 aromatic rings. The molecular weight excluding hydrogens is 946 g/mol. The third-order valence-electron chi connectivity index (χ3n) is 12.3. The van der Waals surface area contributed by atoms with Crippen molar-refractivity contribution in [2.45, 2.75) is 76.7 Å². The molecule has 2 N–H and O–H groups in total. The lowest BCUT2D eigenvalue weighted by Crippen LogP contribution is -2.39. The minimum absolute atomic E-state index is 0.00319. The van der Waals surface area contributed by atoms with Gasteiger partial charge >= 0.3 is 6.03 Å². The number of rotatable bonds is 21. The molecule has 1 fully saturated rings. The number of urea groups is 1. The molecule has 1 aliphatic rings. The molecule has 0 radical (unpaired) electrons. The van der Waals surface area contributed by atoms with Crippen molar-refractivity contribution >= 4 is 49.0 Å². The summed E-state index contributed by atoms with van der Waals surface area (Å²) in [4.78, 5) is 43.7. The maximum atomic E-state index is 15.0. The van der Waals surface area contributed by atoms with Crippen molar-refractivity contribution in [1.29, 1.82) is 5.26 Å². The van der Waals surface area contributed by atoms with Gasteiger partial charge in [0.05, 0.1) is 52.4 Å². The third-order valence-corrected chi connectivity index (χ3v) is 14.5. The van der Waals surface area contributed by atoms with Crippen LogP contribution in [0, 0.1) is 11.3 Å². The van der Waals surface area contributed by atoms with Crippen LogP contribution in [0.1, 0.15) is 73.9 Å². The fourth-order valence-electron chi connectivity index (χ4n) is 8.96.